The van der Waals surface area contributed by atoms with Crippen LogP contribution in [-0.2, 0) is 9.59 Å². The van der Waals surface area contributed by atoms with Crippen molar-refractivity contribution in [3.05, 3.63) is 35.4 Å². The number of carbonyl (C=O) groups is 4. The van der Waals surface area contributed by atoms with Gasteiger partial charge in [0.25, 0.3) is 11.8 Å². The molecule has 6 nitrogen and oxygen atoms in total. The number of nitrogens with zero attached hydrogens (tertiary/aromatic N) is 2. The van der Waals surface area contributed by atoms with Gasteiger partial charge >= 0.3 is 0 Å². The Morgan fingerprint density at radius 2 is 1.75 bits per heavy atom. The number of aldehydes is 1. The minimum absolute atomic E-state index is 0.0200. The quantitative estimate of drug-likeness (QED) is 0.538. The van der Waals surface area contributed by atoms with Crippen molar-refractivity contribution in [1.29, 1.82) is 0 Å². The van der Waals surface area contributed by atoms with Gasteiger partial charge in [0.1, 0.15) is 6.29 Å². The molecule has 1 heterocycles. The zero-order valence-electron chi connectivity index (χ0n) is 11.0. The number of ketones is 1. The molecule has 0 radical (unpaired) electrons. The third-order valence-electron chi connectivity index (χ3n) is 3.05. The van der Waals surface area contributed by atoms with E-state index in [-0.39, 0.29) is 25.4 Å². The number of Topliss-reactive ketones (excluding diaryl/α,β-unsaturated/α-hetero) is 1. The van der Waals surface area contributed by atoms with E-state index >= 15 is 0 Å². The molecule has 0 saturated carbocycles. The van der Waals surface area contributed by atoms with Crippen LogP contribution in [0.2, 0.25) is 0 Å². The number of likely N-dealkylation sites (N-methyl/N-ethyl adjacent to an activating group) is 1. The second-order valence-electron chi connectivity index (χ2n) is 4.64. The Hall–Kier alpha value is -2.34. The van der Waals surface area contributed by atoms with Crippen LogP contribution in [0.3, 0.4) is 0 Å². The van der Waals surface area contributed by atoms with Gasteiger partial charge in [-0.15, -0.1) is 0 Å². The lowest BCUT2D eigenvalue weighted by molar-refractivity contribution is -0.120. The third-order valence-corrected chi connectivity index (χ3v) is 3.05. The van der Waals surface area contributed by atoms with E-state index < -0.39 is 11.8 Å². The summed E-state index contributed by atoms with van der Waals surface area (Å²) in [4.78, 5) is 48.7. The van der Waals surface area contributed by atoms with Gasteiger partial charge in [-0.25, -0.2) is 0 Å². The second-order valence-corrected chi connectivity index (χ2v) is 4.64. The molecule has 1 aromatic carbocycles. The molecule has 0 aliphatic carbocycles. The molecule has 2 rings (SSSR count). The first-order valence-electron chi connectivity index (χ1n) is 6.13. The van der Waals surface area contributed by atoms with Crippen LogP contribution in [0.15, 0.2) is 24.3 Å². The van der Waals surface area contributed by atoms with Gasteiger partial charge in [-0.1, -0.05) is 12.1 Å². The maximum atomic E-state index is 12.0. The Labute approximate surface area is 116 Å². The molecule has 0 spiro atoms. The Morgan fingerprint density at radius 1 is 1.20 bits per heavy atom. The van der Waals surface area contributed by atoms with E-state index in [0.717, 1.165) is 4.90 Å². The molecule has 6 heteroatoms. The van der Waals surface area contributed by atoms with Crippen LogP contribution in [-0.4, -0.2) is 60.4 Å². The minimum atomic E-state index is -0.447. The Morgan fingerprint density at radius 3 is 2.25 bits per heavy atom. The topological polar surface area (TPSA) is 74.8 Å². The largest absolute Gasteiger partial charge is 0.302 e. The summed E-state index contributed by atoms with van der Waals surface area (Å²) in [5, 5.41) is 0. The zero-order chi connectivity index (χ0) is 14.7. The summed E-state index contributed by atoms with van der Waals surface area (Å²) < 4.78 is 0. The first-order valence-corrected chi connectivity index (χ1v) is 6.13. The van der Waals surface area contributed by atoms with Crippen molar-refractivity contribution in [2.24, 2.45) is 0 Å². The minimum Gasteiger partial charge on any atom is -0.302 e. The fourth-order valence-electron chi connectivity index (χ4n) is 2.10. The van der Waals surface area contributed by atoms with Gasteiger partial charge in [0.15, 0.2) is 5.78 Å². The number of benzene rings is 1. The molecule has 1 aliphatic heterocycles. The number of rotatable bonds is 6. The third kappa shape index (κ3) is 2.65. The Bertz CT molecular complexity index is 547. The van der Waals surface area contributed by atoms with Crippen molar-refractivity contribution < 1.29 is 19.2 Å². The highest BCUT2D eigenvalue weighted by Gasteiger charge is 2.36. The molecule has 2 amide bonds. The fourth-order valence-corrected chi connectivity index (χ4v) is 2.10. The summed E-state index contributed by atoms with van der Waals surface area (Å²) in [5.74, 6) is -1.18. The van der Waals surface area contributed by atoms with Gasteiger partial charge < -0.3 is 4.79 Å². The Kier molecular flexibility index (Phi) is 4.05. The van der Waals surface area contributed by atoms with Crippen LogP contribution in [0.4, 0.5) is 0 Å². The summed E-state index contributed by atoms with van der Waals surface area (Å²) in [7, 11) is 1.62. The van der Waals surface area contributed by atoms with E-state index in [2.05, 4.69) is 0 Å². The van der Waals surface area contributed by atoms with Crippen LogP contribution in [0, 0.1) is 0 Å². The SMILES string of the molecule is CN(CC=O)CC(=O)CN1C(=O)c2ccccc2C1=O. The smallest absolute Gasteiger partial charge is 0.261 e. The van der Waals surface area contributed by atoms with Crippen molar-refractivity contribution in [3.63, 3.8) is 0 Å². The first-order chi connectivity index (χ1) is 9.54. The normalized spacial score (nSPS) is 13.8. The van der Waals surface area contributed by atoms with E-state index in [1.54, 1.807) is 31.3 Å². The van der Waals surface area contributed by atoms with Gasteiger partial charge in [0.2, 0.25) is 0 Å². The van der Waals surface area contributed by atoms with Crippen molar-refractivity contribution in [3.8, 4) is 0 Å². The average molecular weight is 274 g/mol. The van der Waals surface area contributed by atoms with E-state index in [9.17, 15) is 19.2 Å². The number of hydrogen-bond acceptors (Lipinski definition) is 5. The molecule has 0 bridgehead atoms. The molecule has 0 aromatic heterocycles. The van der Waals surface area contributed by atoms with Crippen LogP contribution in [0.1, 0.15) is 20.7 Å². The highest BCUT2D eigenvalue weighted by molar-refractivity contribution is 6.22. The molecule has 0 atom stereocenters. The molecule has 1 aromatic rings. The molecule has 0 saturated heterocycles. The highest BCUT2D eigenvalue weighted by Crippen LogP contribution is 2.21. The van der Waals surface area contributed by atoms with Gasteiger partial charge in [0, 0.05) is 0 Å². The lowest BCUT2D eigenvalue weighted by Crippen LogP contribution is -2.39. The molecule has 104 valence electrons. The van der Waals surface area contributed by atoms with Crippen molar-refractivity contribution in [1.82, 2.24) is 9.80 Å². The first kappa shape index (κ1) is 14.1. The van der Waals surface area contributed by atoms with Crippen LogP contribution in [0.5, 0.6) is 0 Å². The molecule has 1 aliphatic rings. The maximum Gasteiger partial charge on any atom is 0.261 e. The molecule has 0 fully saturated rings. The predicted molar refractivity (Wildman–Crippen MR) is 70.4 cm³/mol. The monoisotopic (exact) mass is 274 g/mol. The van der Waals surface area contributed by atoms with Crippen LogP contribution >= 0.6 is 0 Å². The number of fused-ring (bicyclic) bond motifs is 1. The second kappa shape index (κ2) is 5.75. The summed E-state index contributed by atoms with van der Waals surface area (Å²) in [6, 6.07) is 6.48. The van der Waals surface area contributed by atoms with E-state index in [1.165, 1.54) is 4.90 Å². The number of carbonyl (C=O) groups excluding carboxylic acids is 4. The summed E-state index contributed by atoms with van der Waals surface area (Å²) in [6.07, 6.45) is 0.690. The molecule has 20 heavy (non-hydrogen) atoms. The fraction of sp³-hybridized carbons (Fsp3) is 0.286. The Balaban J connectivity index is 2.05. The van der Waals surface area contributed by atoms with Crippen LogP contribution in [0.25, 0.3) is 0 Å². The zero-order valence-corrected chi connectivity index (χ0v) is 11.0. The molecule has 0 N–H and O–H groups in total. The van der Waals surface area contributed by atoms with Gasteiger partial charge in [-0.05, 0) is 19.2 Å². The summed E-state index contributed by atoms with van der Waals surface area (Å²) in [5.41, 5.74) is 0.651. The van der Waals surface area contributed by atoms with Gasteiger partial charge in [-0.3, -0.25) is 24.2 Å². The van der Waals surface area contributed by atoms with Gasteiger partial charge in [-0.2, -0.15) is 0 Å². The number of hydrogen-bond donors (Lipinski definition) is 0. The van der Waals surface area contributed by atoms with Crippen molar-refractivity contribution in [2.45, 2.75) is 0 Å². The molecular weight excluding hydrogens is 260 g/mol. The number of imide groups is 1. The molecule has 0 unspecified atom stereocenters. The standard InChI is InChI=1S/C14H14N2O4/c1-15(6-7-17)8-10(18)9-16-13(19)11-4-2-3-5-12(11)14(16)20/h2-5,7H,6,8-9H2,1H3. The number of amides is 2. The van der Waals surface area contributed by atoms with Crippen LogP contribution < -0.4 is 0 Å². The lowest BCUT2D eigenvalue weighted by Gasteiger charge is -2.16. The molecular formula is C14H14N2O4. The van der Waals surface area contributed by atoms with Gasteiger partial charge in [0.05, 0.1) is 30.8 Å². The van der Waals surface area contributed by atoms with Crippen molar-refractivity contribution in [2.75, 3.05) is 26.7 Å². The van der Waals surface area contributed by atoms with E-state index in [4.69, 9.17) is 0 Å². The average Bonchev–Trinajstić information content (AvgIpc) is 2.65. The summed E-state index contributed by atoms with van der Waals surface area (Å²) in [6.45, 7) is -0.116. The predicted octanol–water partition coefficient (Wildman–Crippen LogP) is -0.0176. The van der Waals surface area contributed by atoms with E-state index in [0.29, 0.717) is 17.4 Å². The lowest BCUT2D eigenvalue weighted by atomic mass is 10.1. The summed E-state index contributed by atoms with van der Waals surface area (Å²) >= 11 is 0. The van der Waals surface area contributed by atoms with E-state index in [1.807, 2.05) is 0 Å². The maximum absolute atomic E-state index is 12.0. The highest BCUT2D eigenvalue weighted by atomic mass is 16.2. The van der Waals surface area contributed by atoms with Crippen molar-refractivity contribution >= 4 is 23.9 Å².